The van der Waals surface area contributed by atoms with Crippen molar-refractivity contribution in [3.8, 4) is 16.8 Å². The minimum Gasteiger partial charge on any atom is -0.313 e. The summed E-state index contributed by atoms with van der Waals surface area (Å²) < 4.78 is 2.60. The predicted molar refractivity (Wildman–Crippen MR) is 223 cm³/mol. The Balaban J connectivity index is 1.06. The Morgan fingerprint density at radius 2 is 1.24 bits per heavy atom. The molecule has 0 amide bonds. The maximum atomic E-state index is 5.18. The van der Waals surface area contributed by atoms with E-state index in [0.717, 1.165) is 5.84 Å². The van der Waals surface area contributed by atoms with E-state index in [2.05, 4.69) is 199 Å². The molecule has 0 radical (unpaired) electrons. The Hall–Kier alpha value is -6.55. The molecule has 55 heavy (non-hydrogen) atoms. The number of nitrogens with zero attached hydrogens (tertiary/aromatic N) is 2. The van der Waals surface area contributed by atoms with Crippen molar-refractivity contribution in [2.45, 2.75) is 23.9 Å². The minimum absolute atomic E-state index is 0.0249. The normalized spacial score (nSPS) is 20.8. The van der Waals surface area contributed by atoms with Gasteiger partial charge in [-0.15, -0.1) is 0 Å². The first-order chi connectivity index (χ1) is 27.3. The molecule has 0 spiro atoms. The summed E-state index contributed by atoms with van der Waals surface area (Å²) in [5.74, 6) is 2.24. The maximum absolute atomic E-state index is 5.18. The van der Waals surface area contributed by atoms with Gasteiger partial charge in [0.15, 0.2) is 0 Å². The van der Waals surface area contributed by atoms with Crippen LogP contribution >= 0.6 is 0 Å². The Labute approximate surface area is 321 Å². The fourth-order valence-corrected chi connectivity index (χ4v) is 10.2. The molecule has 12 rings (SSSR count). The second-order valence-corrected chi connectivity index (χ2v) is 15.5. The summed E-state index contributed by atoms with van der Waals surface area (Å²) in [7, 11) is 0. The largest absolute Gasteiger partial charge is 0.313 e. The Morgan fingerprint density at radius 3 is 1.95 bits per heavy atom. The third-order valence-electron chi connectivity index (χ3n) is 12.7. The van der Waals surface area contributed by atoms with Gasteiger partial charge in [0.2, 0.25) is 12.0 Å². The van der Waals surface area contributed by atoms with Crippen molar-refractivity contribution < 1.29 is 4.90 Å². The van der Waals surface area contributed by atoms with E-state index in [9.17, 15) is 0 Å². The lowest BCUT2D eigenvalue weighted by atomic mass is 9.67. The van der Waals surface area contributed by atoms with Crippen molar-refractivity contribution >= 4 is 28.5 Å². The number of aliphatic imine (C=N–C) groups is 1. The van der Waals surface area contributed by atoms with E-state index in [-0.39, 0.29) is 6.17 Å². The fourth-order valence-electron chi connectivity index (χ4n) is 10.2. The molecule has 1 fully saturated rings. The van der Waals surface area contributed by atoms with Gasteiger partial charge in [0.05, 0.1) is 16.5 Å². The number of nitrogens with one attached hydrogen (secondary N) is 1. The van der Waals surface area contributed by atoms with Crippen LogP contribution < -0.4 is 4.90 Å². The summed E-state index contributed by atoms with van der Waals surface area (Å²) in [5.41, 5.74) is 16.6. The predicted octanol–water partition coefficient (Wildman–Crippen LogP) is 10.8. The van der Waals surface area contributed by atoms with Gasteiger partial charge in [-0.2, -0.15) is 4.99 Å². The molecule has 1 aliphatic heterocycles. The lowest BCUT2D eigenvalue weighted by Gasteiger charge is -2.34. The number of rotatable bonds is 6. The average molecular weight is 705 g/mol. The van der Waals surface area contributed by atoms with Gasteiger partial charge in [0.25, 0.3) is 0 Å². The maximum Gasteiger partial charge on any atom is 0.241 e. The van der Waals surface area contributed by atoms with Crippen molar-refractivity contribution in [1.82, 2.24) is 4.57 Å². The van der Waals surface area contributed by atoms with Gasteiger partial charge in [-0.1, -0.05) is 152 Å². The fraction of sp³-hybridized carbons (Fsp3) is 0.0962. The van der Waals surface area contributed by atoms with Gasteiger partial charge in [-0.25, -0.2) is 4.90 Å². The number of fused-ring (bicyclic) bond motifs is 9. The monoisotopic (exact) mass is 704 g/mol. The molecule has 3 heteroatoms. The molecule has 3 aliphatic carbocycles. The van der Waals surface area contributed by atoms with Crippen LogP contribution in [0.5, 0.6) is 0 Å². The zero-order valence-electron chi connectivity index (χ0n) is 30.3. The summed E-state index contributed by atoms with van der Waals surface area (Å²) in [4.78, 5) is 6.47. The molecule has 1 aromatic heterocycles. The van der Waals surface area contributed by atoms with Crippen LogP contribution in [-0.4, -0.2) is 10.4 Å². The second kappa shape index (κ2) is 11.7. The number of amidine groups is 1. The zero-order chi connectivity index (χ0) is 36.1. The lowest BCUT2D eigenvalue weighted by molar-refractivity contribution is -0.792. The molecule has 7 aromatic carbocycles. The number of hydrogen-bond donors (Lipinski definition) is 1. The highest BCUT2D eigenvalue weighted by atomic mass is 15.4. The standard InChI is InChI=1S/C52H37N3/c1-5-15-34(16-6-1)50-53-51(35-17-7-2-8-18-35)55(50)40-28-26-39(27-29-40)54-46-32-31-45-47(48(46)42-30-25-36-33-43(36)49(42)54)41-23-13-14-24-44(41)52(45,37-19-9-3-10-20-37)38-21-11-4-12-22-38/h1-32,36,43,50H,33H2/p+1. The number of hydrogen-bond acceptors (Lipinski definition) is 1. The van der Waals surface area contributed by atoms with Crippen LogP contribution in [0.4, 0.5) is 5.69 Å². The van der Waals surface area contributed by atoms with Crippen LogP contribution in [0.3, 0.4) is 0 Å². The van der Waals surface area contributed by atoms with Crippen molar-refractivity contribution in [2.75, 3.05) is 0 Å². The summed E-state index contributed by atoms with van der Waals surface area (Å²) >= 11 is 0. The topological polar surface area (TPSA) is 21.7 Å². The third kappa shape index (κ3) is 4.33. The quantitative estimate of drug-likeness (QED) is 0.178. The molecule has 1 saturated carbocycles. The van der Waals surface area contributed by atoms with E-state index in [1.807, 2.05) is 0 Å². The van der Waals surface area contributed by atoms with Gasteiger partial charge in [0.1, 0.15) is 5.69 Å². The van der Waals surface area contributed by atoms with E-state index < -0.39 is 5.41 Å². The molecule has 0 bridgehead atoms. The van der Waals surface area contributed by atoms with E-state index in [1.165, 1.54) is 89.4 Å². The molecular formula is C52H38N3+. The van der Waals surface area contributed by atoms with Crippen molar-refractivity contribution in [2.24, 2.45) is 10.9 Å². The summed E-state index contributed by atoms with van der Waals surface area (Å²) in [6.45, 7) is 0. The van der Waals surface area contributed by atoms with Crippen LogP contribution in [0.15, 0.2) is 193 Å². The zero-order valence-corrected chi connectivity index (χ0v) is 30.3. The molecule has 4 atom stereocenters. The highest BCUT2D eigenvalue weighted by Gasteiger charge is 2.49. The van der Waals surface area contributed by atoms with Crippen molar-refractivity contribution in [3.05, 3.63) is 233 Å². The number of benzene rings is 7. The van der Waals surface area contributed by atoms with Crippen LogP contribution in [0.1, 0.15) is 63.1 Å². The number of quaternary nitrogens is 1. The van der Waals surface area contributed by atoms with Crippen molar-refractivity contribution in [3.63, 3.8) is 0 Å². The molecule has 0 saturated heterocycles. The van der Waals surface area contributed by atoms with E-state index in [0.29, 0.717) is 11.8 Å². The SMILES string of the molecule is C1=CC2CC2c2c1c1c3c(ccc1n2-c1ccc([NH+]2C(c4ccccc4)=NC2c2ccccc2)cc1)C(c1ccccc1)(c1ccccc1)c1ccccc1-3. The first-order valence-corrected chi connectivity index (χ1v) is 19.6. The smallest absolute Gasteiger partial charge is 0.241 e. The molecule has 1 N–H and O–H groups in total. The second-order valence-electron chi connectivity index (χ2n) is 15.5. The van der Waals surface area contributed by atoms with E-state index >= 15 is 0 Å². The molecule has 260 valence electrons. The first kappa shape index (κ1) is 30.9. The van der Waals surface area contributed by atoms with Gasteiger partial charge in [-0.3, -0.25) is 0 Å². The van der Waals surface area contributed by atoms with Crippen LogP contribution in [0.25, 0.3) is 33.8 Å². The number of allylic oxidation sites excluding steroid dienone is 1. The molecule has 2 heterocycles. The highest BCUT2D eigenvalue weighted by Crippen LogP contribution is 2.61. The molecule has 4 unspecified atom stereocenters. The van der Waals surface area contributed by atoms with Gasteiger partial charge in [-0.05, 0) is 76.1 Å². The van der Waals surface area contributed by atoms with E-state index in [1.54, 1.807) is 0 Å². The Kier molecular flexibility index (Phi) is 6.58. The third-order valence-corrected chi connectivity index (χ3v) is 12.7. The van der Waals surface area contributed by atoms with Gasteiger partial charge >= 0.3 is 0 Å². The molecule has 3 nitrogen and oxygen atoms in total. The highest BCUT2D eigenvalue weighted by molar-refractivity contribution is 6.09. The molecule has 4 aliphatic rings. The molecular weight excluding hydrogens is 667 g/mol. The summed E-state index contributed by atoms with van der Waals surface area (Å²) in [6.07, 6.45) is 6.16. The van der Waals surface area contributed by atoms with Gasteiger partial charge < -0.3 is 4.57 Å². The van der Waals surface area contributed by atoms with Crippen LogP contribution in [0, 0.1) is 5.92 Å². The first-order valence-electron chi connectivity index (χ1n) is 19.6. The van der Waals surface area contributed by atoms with Gasteiger partial charge in [0, 0.05) is 45.9 Å². The molecule has 8 aromatic rings. The summed E-state index contributed by atoms with van der Waals surface area (Å²) in [5, 5.41) is 1.37. The Morgan fingerprint density at radius 1 is 0.600 bits per heavy atom. The van der Waals surface area contributed by atoms with E-state index in [4.69, 9.17) is 4.99 Å². The van der Waals surface area contributed by atoms with Crippen molar-refractivity contribution in [1.29, 1.82) is 0 Å². The Bertz CT molecular complexity index is 2790. The number of aromatic nitrogens is 1. The van der Waals surface area contributed by atoms with Crippen LogP contribution in [-0.2, 0) is 5.41 Å². The van der Waals surface area contributed by atoms with Crippen LogP contribution in [0.2, 0.25) is 0 Å². The average Bonchev–Trinajstić information content (AvgIpc) is 3.88. The lowest BCUT2D eigenvalue weighted by Crippen LogP contribution is -3.14. The minimum atomic E-state index is -0.424. The summed E-state index contributed by atoms with van der Waals surface area (Å²) in [6, 6.07) is 67.0.